The molecule has 2 aliphatic heterocycles. The lowest BCUT2D eigenvalue weighted by Gasteiger charge is -2.31. The van der Waals surface area contributed by atoms with Crippen LogP contribution in [0.4, 0.5) is 32.2 Å². The lowest BCUT2D eigenvalue weighted by Crippen LogP contribution is -2.38. The van der Waals surface area contributed by atoms with Crippen LogP contribution in [0.25, 0.3) is 11.3 Å². The van der Waals surface area contributed by atoms with E-state index < -0.39 is 36.0 Å². The normalized spacial score (nSPS) is 23.7. The van der Waals surface area contributed by atoms with Crippen LogP contribution >= 0.6 is 0 Å². The second kappa shape index (κ2) is 9.13. The van der Waals surface area contributed by atoms with Crippen molar-refractivity contribution in [1.29, 1.82) is 0 Å². The first-order chi connectivity index (χ1) is 15.5. The Balaban J connectivity index is 0.000000180. The maximum Gasteiger partial charge on any atom is 0.419 e. The lowest BCUT2D eigenvalue weighted by atomic mass is 10.1. The van der Waals surface area contributed by atoms with E-state index in [1.165, 1.54) is 32.4 Å². The number of fused-ring (bicyclic) bond motifs is 1. The lowest BCUT2D eigenvalue weighted by molar-refractivity contribution is -0.137. The Hall–Kier alpha value is -2.34. The predicted octanol–water partition coefficient (Wildman–Crippen LogP) is 4.29. The highest BCUT2D eigenvalue weighted by molar-refractivity contribution is 5.61. The number of nitrogens with two attached hydrogens (primary N) is 1. The third-order valence-electron chi connectivity index (χ3n) is 6.25. The van der Waals surface area contributed by atoms with Gasteiger partial charge in [0.15, 0.2) is 0 Å². The number of hydrogen-bond donors (Lipinski definition) is 2. The number of rotatable bonds is 3. The van der Waals surface area contributed by atoms with Gasteiger partial charge >= 0.3 is 12.4 Å². The third kappa shape index (κ3) is 6.17. The summed E-state index contributed by atoms with van der Waals surface area (Å²) >= 11 is 0. The van der Waals surface area contributed by atoms with E-state index >= 15 is 0 Å². The summed E-state index contributed by atoms with van der Waals surface area (Å²) in [5, 5.41) is 0. The fraction of sp³-hybridized carbons (Fsp3) is 0.619. The van der Waals surface area contributed by atoms with Crippen molar-refractivity contribution in [3.63, 3.8) is 0 Å². The maximum absolute atomic E-state index is 12.7. The zero-order valence-electron chi connectivity index (χ0n) is 17.7. The van der Waals surface area contributed by atoms with Crippen molar-refractivity contribution in [2.45, 2.75) is 44.1 Å². The van der Waals surface area contributed by atoms with Gasteiger partial charge in [-0.2, -0.15) is 26.3 Å². The summed E-state index contributed by atoms with van der Waals surface area (Å²) < 4.78 is 80.0. The molecule has 6 nitrogen and oxygen atoms in total. The number of hydrogen-bond acceptors (Lipinski definition) is 5. The van der Waals surface area contributed by atoms with Crippen LogP contribution in [0.3, 0.4) is 0 Å². The van der Waals surface area contributed by atoms with Crippen LogP contribution in [0.2, 0.25) is 0 Å². The molecule has 1 saturated carbocycles. The Morgan fingerprint density at radius 1 is 1.03 bits per heavy atom. The van der Waals surface area contributed by atoms with Crippen molar-refractivity contribution < 1.29 is 31.1 Å². The minimum atomic E-state index is -4.71. The van der Waals surface area contributed by atoms with Gasteiger partial charge in [0.05, 0.1) is 17.5 Å². The molecule has 2 aromatic heterocycles. The zero-order valence-corrected chi connectivity index (χ0v) is 17.7. The molecule has 0 amide bonds. The molecule has 12 heteroatoms. The predicted molar refractivity (Wildman–Crippen MR) is 108 cm³/mol. The molecule has 0 radical (unpaired) electrons. The number of aromatic nitrogens is 3. The zero-order chi connectivity index (χ0) is 23.8. The van der Waals surface area contributed by atoms with E-state index in [-0.39, 0.29) is 11.3 Å². The third-order valence-corrected chi connectivity index (χ3v) is 6.25. The van der Waals surface area contributed by atoms with E-state index in [0.29, 0.717) is 6.07 Å². The average Bonchev–Trinajstić information content (AvgIpc) is 3.11. The molecule has 3 aliphatic rings. The Kier molecular flexibility index (Phi) is 6.59. The first kappa shape index (κ1) is 23.8. The van der Waals surface area contributed by atoms with E-state index in [1.54, 1.807) is 0 Å². The highest BCUT2D eigenvalue weighted by Crippen LogP contribution is 2.46. The molecule has 33 heavy (non-hydrogen) atoms. The summed E-state index contributed by atoms with van der Waals surface area (Å²) in [4.78, 5) is 11.9. The van der Waals surface area contributed by atoms with Gasteiger partial charge in [-0.3, -0.25) is 4.90 Å². The van der Waals surface area contributed by atoms with Gasteiger partial charge in [0, 0.05) is 44.1 Å². The Bertz CT molecular complexity index is 943. The molecule has 3 N–H and O–H groups in total. The number of anilines is 1. The second-order valence-corrected chi connectivity index (χ2v) is 8.74. The number of ether oxygens (including phenoxy) is 1. The number of pyridine rings is 1. The molecular weight excluding hydrogens is 452 g/mol. The van der Waals surface area contributed by atoms with Gasteiger partial charge in [0.2, 0.25) is 0 Å². The quantitative estimate of drug-likeness (QED) is 0.645. The van der Waals surface area contributed by atoms with E-state index in [9.17, 15) is 26.3 Å². The van der Waals surface area contributed by atoms with Gasteiger partial charge in [0.25, 0.3) is 0 Å². The van der Waals surface area contributed by atoms with Gasteiger partial charge in [-0.1, -0.05) is 0 Å². The monoisotopic (exact) mass is 477 g/mol. The molecule has 182 valence electrons. The number of alkyl halides is 6. The molecule has 2 saturated heterocycles. The smallest absolute Gasteiger partial charge is 0.383 e. The summed E-state index contributed by atoms with van der Waals surface area (Å²) in [5.41, 5.74) is 3.91. The van der Waals surface area contributed by atoms with Crippen molar-refractivity contribution >= 4 is 5.82 Å². The second-order valence-electron chi connectivity index (χ2n) is 8.74. The van der Waals surface area contributed by atoms with Gasteiger partial charge in [-0.15, -0.1) is 0 Å². The maximum atomic E-state index is 12.7. The molecule has 1 aliphatic carbocycles. The topological polar surface area (TPSA) is 80.1 Å². The summed E-state index contributed by atoms with van der Waals surface area (Å²) in [6.45, 7) is 4.79. The number of halogens is 6. The molecular formula is C21H25F6N5O. The SMILES string of the molecule is C1CC(N2CC3CC3C2)CCO1.Nc1ncc(-c2cnc(CC(F)(F)F)[nH]2)cc1C(F)(F)F. The van der Waals surface area contributed by atoms with Crippen LogP contribution in [0, 0.1) is 11.8 Å². The number of nitrogens with one attached hydrogen (secondary N) is 1. The number of nitrogen functional groups attached to an aromatic ring is 1. The molecule has 2 aromatic rings. The molecule has 0 aromatic carbocycles. The molecule has 5 rings (SSSR count). The average molecular weight is 477 g/mol. The summed E-state index contributed by atoms with van der Waals surface area (Å²) in [6.07, 6.45) is -4.36. The number of imidazole rings is 1. The highest BCUT2D eigenvalue weighted by atomic mass is 19.4. The fourth-order valence-electron chi connectivity index (χ4n) is 4.42. The molecule has 2 unspecified atom stereocenters. The Morgan fingerprint density at radius 3 is 2.30 bits per heavy atom. The number of piperidine rings is 1. The Labute approximate surface area is 186 Å². The van der Waals surface area contributed by atoms with E-state index in [4.69, 9.17) is 10.5 Å². The van der Waals surface area contributed by atoms with E-state index in [2.05, 4.69) is 19.9 Å². The van der Waals surface area contributed by atoms with Crippen LogP contribution in [-0.2, 0) is 17.3 Å². The number of likely N-dealkylation sites (tertiary alicyclic amines) is 1. The minimum absolute atomic E-state index is 0.00718. The van der Waals surface area contributed by atoms with Gasteiger partial charge in [0.1, 0.15) is 18.1 Å². The molecule has 2 atom stereocenters. The molecule has 0 bridgehead atoms. The van der Waals surface area contributed by atoms with Crippen molar-refractivity contribution in [2.24, 2.45) is 11.8 Å². The summed E-state index contributed by atoms with van der Waals surface area (Å²) in [6, 6.07) is 1.57. The summed E-state index contributed by atoms with van der Waals surface area (Å²) in [7, 11) is 0. The van der Waals surface area contributed by atoms with Gasteiger partial charge in [-0.05, 0) is 37.2 Å². The minimum Gasteiger partial charge on any atom is -0.383 e. The molecule has 3 fully saturated rings. The van der Waals surface area contributed by atoms with Gasteiger partial charge < -0.3 is 15.5 Å². The summed E-state index contributed by atoms with van der Waals surface area (Å²) in [5.74, 6) is 1.07. The van der Waals surface area contributed by atoms with E-state index in [0.717, 1.165) is 43.5 Å². The fourth-order valence-corrected chi connectivity index (χ4v) is 4.42. The highest BCUT2D eigenvalue weighted by Gasteiger charge is 2.46. The van der Waals surface area contributed by atoms with Crippen LogP contribution in [0.15, 0.2) is 18.5 Å². The van der Waals surface area contributed by atoms with E-state index in [1.807, 2.05) is 0 Å². The Morgan fingerprint density at radius 2 is 1.70 bits per heavy atom. The largest absolute Gasteiger partial charge is 0.419 e. The number of H-pyrrole nitrogens is 1. The van der Waals surface area contributed by atoms with Crippen LogP contribution < -0.4 is 5.73 Å². The van der Waals surface area contributed by atoms with Crippen LogP contribution in [0.1, 0.15) is 30.7 Å². The molecule has 0 spiro atoms. The van der Waals surface area contributed by atoms with Crippen LogP contribution in [0.5, 0.6) is 0 Å². The van der Waals surface area contributed by atoms with Crippen LogP contribution in [-0.4, -0.2) is 58.4 Å². The first-order valence-corrected chi connectivity index (χ1v) is 10.7. The van der Waals surface area contributed by atoms with Crippen molar-refractivity contribution in [1.82, 2.24) is 19.9 Å². The standard InChI is InChI=1S/C11H8F6N4.C10H17NO/c12-10(13,14)2-8-19-4-7(21-8)5-1-6(11(15,16)17)9(18)20-3-5;1-3-12-4-2-10(1)11-6-8-5-9(8)7-11/h1,3-4H,2H2,(H2,18,20)(H,19,21);8-10H,1-7H2. The van der Waals surface area contributed by atoms with Crippen molar-refractivity contribution in [2.75, 3.05) is 32.0 Å². The first-order valence-electron chi connectivity index (χ1n) is 10.7. The molecule has 4 heterocycles. The van der Waals surface area contributed by atoms with Gasteiger partial charge in [-0.25, -0.2) is 9.97 Å². The number of aromatic amines is 1. The number of nitrogens with zero attached hydrogens (tertiary/aromatic N) is 3. The van der Waals surface area contributed by atoms with Crippen molar-refractivity contribution in [3.05, 3.63) is 29.8 Å². The van der Waals surface area contributed by atoms with Crippen molar-refractivity contribution in [3.8, 4) is 11.3 Å².